The number of carbonyl (C=O) groups excluding carboxylic acids is 2. The van der Waals surface area contributed by atoms with Crippen LogP contribution in [0.3, 0.4) is 0 Å². The van der Waals surface area contributed by atoms with Crippen LogP contribution >= 0.6 is 11.6 Å². The topological polar surface area (TPSA) is 66.4 Å². The van der Waals surface area contributed by atoms with Gasteiger partial charge in [-0.15, -0.1) is 0 Å². The second-order valence-electron chi connectivity index (χ2n) is 8.23. The predicted molar refractivity (Wildman–Crippen MR) is 123 cm³/mol. The van der Waals surface area contributed by atoms with Crippen LogP contribution in [0.1, 0.15) is 44.3 Å². The summed E-state index contributed by atoms with van der Waals surface area (Å²) in [4.78, 5) is 38.6. The zero-order chi connectivity index (χ0) is 22.1. The van der Waals surface area contributed by atoms with E-state index in [1.807, 2.05) is 35.2 Å². The molecule has 1 saturated heterocycles. The molecule has 0 spiro atoms. The Labute approximate surface area is 191 Å². The van der Waals surface area contributed by atoms with E-state index in [0.29, 0.717) is 54.7 Å². The summed E-state index contributed by atoms with van der Waals surface area (Å²) in [5, 5.41) is 0.468. The van der Waals surface area contributed by atoms with Crippen LogP contribution < -0.4 is 4.90 Å². The third kappa shape index (κ3) is 3.98. The van der Waals surface area contributed by atoms with Crippen molar-refractivity contribution in [2.75, 3.05) is 31.1 Å². The van der Waals surface area contributed by atoms with E-state index in [1.165, 1.54) is 5.56 Å². The van der Waals surface area contributed by atoms with E-state index in [1.54, 1.807) is 18.3 Å². The first-order chi connectivity index (χ1) is 15.6. The monoisotopic (exact) mass is 446 g/mol. The highest BCUT2D eigenvalue weighted by Crippen LogP contribution is 2.32. The number of anilines is 1. The number of ketones is 1. The van der Waals surface area contributed by atoms with Gasteiger partial charge < -0.3 is 9.80 Å². The molecular formula is C25H23ClN4O2. The summed E-state index contributed by atoms with van der Waals surface area (Å²) in [6, 6.07) is 17.3. The Morgan fingerprint density at radius 1 is 0.938 bits per heavy atom. The largest absolute Gasteiger partial charge is 0.337 e. The minimum absolute atomic E-state index is 0.0575. The SMILES string of the molecule is O=C1CC(c2ccccc2)Cc2nc(N3CCN(C(=O)c4ccccc4Cl)CC3)ncc21. The molecule has 7 heteroatoms. The van der Waals surface area contributed by atoms with E-state index in [9.17, 15) is 9.59 Å². The molecule has 6 nitrogen and oxygen atoms in total. The molecule has 1 amide bonds. The fraction of sp³-hybridized carbons (Fsp3) is 0.280. The molecule has 0 saturated carbocycles. The van der Waals surface area contributed by atoms with Crippen molar-refractivity contribution in [3.63, 3.8) is 0 Å². The number of rotatable bonds is 3. The van der Waals surface area contributed by atoms with Crippen molar-refractivity contribution < 1.29 is 9.59 Å². The van der Waals surface area contributed by atoms with Crippen molar-refractivity contribution in [3.05, 3.63) is 88.2 Å². The quantitative estimate of drug-likeness (QED) is 0.608. The fourth-order valence-electron chi connectivity index (χ4n) is 4.46. The molecule has 0 N–H and O–H groups in total. The highest BCUT2D eigenvalue weighted by Gasteiger charge is 2.30. The maximum Gasteiger partial charge on any atom is 0.255 e. The third-order valence-corrected chi connectivity index (χ3v) is 6.58. The normalized spacial score (nSPS) is 18.4. The molecule has 162 valence electrons. The molecule has 1 fully saturated rings. The van der Waals surface area contributed by atoms with Crippen LogP contribution in [0.5, 0.6) is 0 Å². The van der Waals surface area contributed by atoms with Gasteiger partial charge in [-0.25, -0.2) is 9.97 Å². The van der Waals surface area contributed by atoms with Gasteiger partial charge >= 0.3 is 0 Å². The van der Waals surface area contributed by atoms with Crippen molar-refractivity contribution in [2.24, 2.45) is 0 Å². The lowest BCUT2D eigenvalue weighted by atomic mass is 9.82. The minimum atomic E-state index is -0.0575. The smallest absolute Gasteiger partial charge is 0.255 e. The molecule has 2 aromatic carbocycles. The Morgan fingerprint density at radius 2 is 1.66 bits per heavy atom. The first-order valence-corrected chi connectivity index (χ1v) is 11.2. The molecule has 32 heavy (non-hydrogen) atoms. The van der Waals surface area contributed by atoms with Gasteiger partial charge in [0.05, 0.1) is 21.8 Å². The molecule has 1 aromatic heterocycles. The maximum absolute atomic E-state index is 12.8. The number of aromatic nitrogens is 2. The summed E-state index contributed by atoms with van der Waals surface area (Å²) in [5.74, 6) is 0.805. The molecule has 3 aromatic rings. The summed E-state index contributed by atoms with van der Waals surface area (Å²) < 4.78 is 0. The zero-order valence-corrected chi connectivity index (χ0v) is 18.3. The van der Waals surface area contributed by atoms with Gasteiger partial charge in [0.1, 0.15) is 0 Å². The fourth-order valence-corrected chi connectivity index (χ4v) is 4.68. The Morgan fingerprint density at radius 3 is 2.41 bits per heavy atom. The Hall–Kier alpha value is -3.25. The number of benzene rings is 2. The number of hydrogen-bond donors (Lipinski definition) is 0. The molecule has 1 aliphatic carbocycles. The predicted octanol–water partition coefficient (Wildman–Crippen LogP) is 4.01. The number of fused-ring (bicyclic) bond motifs is 1. The van der Waals surface area contributed by atoms with Crippen molar-refractivity contribution in [2.45, 2.75) is 18.8 Å². The van der Waals surface area contributed by atoms with Crippen molar-refractivity contribution in [1.82, 2.24) is 14.9 Å². The van der Waals surface area contributed by atoms with Crippen LogP contribution in [0.15, 0.2) is 60.8 Å². The molecule has 1 unspecified atom stereocenters. The van der Waals surface area contributed by atoms with Crippen molar-refractivity contribution in [3.8, 4) is 0 Å². The van der Waals surface area contributed by atoms with Gasteiger partial charge in [0, 0.05) is 38.8 Å². The number of amides is 1. The first kappa shape index (κ1) is 20.6. The molecule has 0 bridgehead atoms. The molecule has 0 radical (unpaired) electrons. The van der Waals surface area contributed by atoms with Gasteiger partial charge in [-0.05, 0) is 30.0 Å². The number of nitrogens with zero attached hydrogens (tertiary/aromatic N) is 4. The molecule has 1 aliphatic heterocycles. The van der Waals surface area contributed by atoms with Crippen molar-refractivity contribution >= 4 is 29.2 Å². The van der Waals surface area contributed by atoms with Crippen LogP contribution in [-0.2, 0) is 6.42 Å². The molecular weight excluding hydrogens is 424 g/mol. The average Bonchev–Trinajstić information content (AvgIpc) is 2.84. The standard InChI is InChI=1S/C25H23ClN4O2/c26-21-9-5-4-8-19(21)24(32)29-10-12-30(13-11-29)25-27-16-20-22(28-25)14-18(15-23(20)31)17-6-2-1-3-7-17/h1-9,16,18H,10-15H2. The second kappa shape index (κ2) is 8.71. The van der Waals surface area contributed by atoms with Gasteiger partial charge in [0.25, 0.3) is 5.91 Å². The van der Waals surface area contributed by atoms with Crippen LogP contribution in [0.4, 0.5) is 5.95 Å². The third-order valence-electron chi connectivity index (χ3n) is 6.25. The average molecular weight is 447 g/mol. The van der Waals surface area contributed by atoms with E-state index in [0.717, 1.165) is 12.1 Å². The van der Waals surface area contributed by atoms with E-state index < -0.39 is 0 Å². The number of piperazine rings is 1. The highest BCUT2D eigenvalue weighted by molar-refractivity contribution is 6.33. The zero-order valence-electron chi connectivity index (χ0n) is 17.6. The van der Waals surface area contributed by atoms with Gasteiger partial charge in [0.2, 0.25) is 5.95 Å². The van der Waals surface area contributed by atoms with E-state index in [4.69, 9.17) is 16.6 Å². The molecule has 2 heterocycles. The van der Waals surface area contributed by atoms with Gasteiger partial charge in [-0.2, -0.15) is 0 Å². The highest BCUT2D eigenvalue weighted by atomic mass is 35.5. The Kier molecular flexibility index (Phi) is 5.62. The number of hydrogen-bond acceptors (Lipinski definition) is 5. The van der Waals surface area contributed by atoms with Crippen LogP contribution in [0.25, 0.3) is 0 Å². The molecule has 1 atom stereocenters. The Balaban J connectivity index is 1.30. The lowest BCUT2D eigenvalue weighted by Crippen LogP contribution is -2.49. The molecule has 5 rings (SSSR count). The van der Waals surface area contributed by atoms with E-state index >= 15 is 0 Å². The summed E-state index contributed by atoms with van der Waals surface area (Å²) >= 11 is 6.19. The van der Waals surface area contributed by atoms with Gasteiger partial charge in [-0.1, -0.05) is 54.1 Å². The van der Waals surface area contributed by atoms with E-state index in [-0.39, 0.29) is 17.6 Å². The number of Topliss-reactive ketones (excluding diaryl/α,β-unsaturated/α-hetero) is 1. The lowest BCUT2D eigenvalue weighted by Gasteiger charge is -2.35. The van der Waals surface area contributed by atoms with Gasteiger partial charge in [-0.3, -0.25) is 9.59 Å². The summed E-state index contributed by atoms with van der Waals surface area (Å²) in [5.41, 5.74) is 3.14. The first-order valence-electron chi connectivity index (χ1n) is 10.8. The number of carbonyl (C=O) groups is 2. The Bertz CT molecular complexity index is 1160. The summed E-state index contributed by atoms with van der Waals surface area (Å²) in [6.45, 7) is 2.39. The maximum atomic E-state index is 12.8. The van der Waals surface area contributed by atoms with Gasteiger partial charge in [0.15, 0.2) is 5.78 Å². The van der Waals surface area contributed by atoms with Crippen LogP contribution in [0.2, 0.25) is 5.02 Å². The second-order valence-corrected chi connectivity index (χ2v) is 8.64. The van der Waals surface area contributed by atoms with Crippen LogP contribution in [-0.4, -0.2) is 52.7 Å². The summed E-state index contributed by atoms with van der Waals surface area (Å²) in [7, 11) is 0. The van der Waals surface area contributed by atoms with Crippen LogP contribution in [0, 0.1) is 0 Å². The van der Waals surface area contributed by atoms with Crippen molar-refractivity contribution in [1.29, 1.82) is 0 Å². The summed E-state index contributed by atoms with van der Waals surface area (Å²) in [6.07, 6.45) is 2.89. The molecule has 2 aliphatic rings. The van der Waals surface area contributed by atoms with E-state index in [2.05, 4.69) is 22.0 Å². The lowest BCUT2D eigenvalue weighted by molar-refractivity contribution is 0.0746. The minimum Gasteiger partial charge on any atom is -0.337 e. The number of halogens is 1.